The van der Waals surface area contributed by atoms with Gasteiger partial charge in [0.15, 0.2) is 6.10 Å². The highest BCUT2D eigenvalue weighted by Gasteiger charge is 2.18. The van der Waals surface area contributed by atoms with E-state index in [1.165, 1.54) is 0 Å². The van der Waals surface area contributed by atoms with E-state index in [0.29, 0.717) is 5.56 Å². The molecule has 0 aliphatic rings. The number of hydrogen-bond donors (Lipinski definition) is 2. The Morgan fingerprint density at radius 2 is 1.85 bits per heavy atom. The monoisotopic (exact) mass is 269 g/mol. The maximum absolute atomic E-state index is 12.2. The SMILES string of the molecule is CCc1cccc(C)c1NC(=O)C(O)c1ccccc1. The summed E-state index contributed by atoms with van der Waals surface area (Å²) < 4.78 is 0. The smallest absolute Gasteiger partial charge is 0.257 e. The molecule has 0 heterocycles. The van der Waals surface area contributed by atoms with Gasteiger partial charge in [-0.3, -0.25) is 4.79 Å². The van der Waals surface area contributed by atoms with Crippen LogP contribution in [0.15, 0.2) is 48.5 Å². The van der Waals surface area contributed by atoms with Gasteiger partial charge < -0.3 is 10.4 Å². The molecule has 0 spiro atoms. The lowest BCUT2D eigenvalue weighted by Gasteiger charge is -2.16. The Balaban J connectivity index is 2.20. The summed E-state index contributed by atoms with van der Waals surface area (Å²) in [4.78, 5) is 12.2. The number of rotatable bonds is 4. The first-order chi connectivity index (χ1) is 9.63. The fraction of sp³-hybridized carbons (Fsp3) is 0.235. The lowest BCUT2D eigenvalue weighted by atomic mass is 10.0. The first-order valence-electron chi connectivity index (χ1n) is 6.76. The minimum Gasteiger partial charge on any atom is -0.378 e. The van der Waals surface area contributed by atoms with Gasteiger partial charge in [-0.25, -0.2) is 0 Å². The summed E-state index contributed by atoms with van der Waals surface area (Å²) in [6.45, 7) is 3.99. The van der Waals surface area contributed by atoms with E-state index >= 15 is 0 Å². The number of amides is 1. The van der Waals surface area contributed by atoms with Crippen molar-refractivity contribution in [2.24, 2.45) is 0 Å². The van der Waals surface area contributed by atoms with E-state index in [0.717, 1.165) is 23.2 Å². The average molecular weight is 269 g/mol. The van der Waals surface area contributed by atoms with Gasteiger partial charge in [-0.1, -0.05) is 55.5 Å². The maximum Gasteiger partial charge on any atom is 0.257 e. The molecule has 0 aliphatic carbocycles. The second-order valence-electron chi connectivity index (χ2n) is 4.77. The molecule has 2 rings (SSSR count). The van der Waals surface area contributed by atoms with Crippen LogP contribution in [0.25, 0.3) is 0 Å². The molecule has 1 unspecified atom stereocenters. The molecule has 0 fully saturated rings. The van der Waals surface area contributed by atoms with Gasteiger partial charge in [-0.2, -0.15) is 0 Å². The molecular formula is C17H19NO2. The molecule has 104 valence electrons. The zero-order chi connectivity index (χ0) is 14.5. The van der Waals surface area contributed by atoms with Crippen molar-refractivity contribution in [3.8, 4) is 0 Å². The molecule has 2 aromatic carbocycles. The fourth-order valence-corrected chi connectivity index (χ4v) is 2.18. The Labute approximate surface area is 119 Å². The third-order valence-electron chi connectivity index (χ3n) is 3.35. The third kappa shape index (κ3) is 3.06. The van der Waals surface area contributed by atoms with E-state index in [1.807, 2.05) is 38.1 Å². The second kappa shape index (κ2) is 6.35. The number of benzene rings is 2. The van der Waals surface area contributed by atoms with E-state index in [-0.39, 0.29) is 0 Å². The van der Waals surface area contributed by atoms with Crippen LogP contribution >= 0.6 is 0 Å². The van der Waals surface area contributed by atoms with Crippen molar-refractivity contribution in [1.29, 1.82) is 0 Å². The van der Waals surface area contributed by atoms with Crippen LogP contribution in [0.5, 0.6) is 0 Å². The number of aryl methyl sites for hydroxylation is 2. The average Bonchev–Trinajstić information content (AvgIpc) is 2.49. The van der Waals surface area contributed by atoms with Gasteiger partial charge in [0.25, 0.3) is 5.91 Å². The number of aliphatic hydroxyl groups is 1. The Morgan fingerprint density at radius 3 is 2.50 bits per heavy atom. The molecule has 0 bridgehead atoms. The molecule has 20 heavy (non-hydrogen) atoms. The van der Waals surface area contributed by atoms with Crippen LogP contribution in [0.1, 0.15) is 29.7 Å². The number of aliphatic hydroxyl groups excluding tert-OH is 1. The van der Waals surface area contributed by atoms with Gasteiger partial charge in [0.05, 0.1) is 0 Å². The topological polar surface area (TPSA) is 49.3 Å². The van der Waals surface area contributed by atoms with Gasteiger partial charge in [-0.15, -0.1) is 0 Å². The van der Waals surface area contributed by atoms with E-state index in [2.05, 4.69) is 5.32 Å². The molecule has 2 aromatic rings. The van der Waals surface area contributed by atoms with Gasteiger partial charge in [-0.05, 0) is 30.0 Å². The van der Waals surface area contributed by atoms with Crippen LogP contribution in [-0.4, -0.2) is 11.0 Å². The van der Waals surface area contributed by atoms with Crippen LogP contribution in [0.2, 0.25) is 0 Å². The lowest BCUT2D eigenvalue weighted by Crippen LogP contribution is -2.22. The molecule has 3 nitrogen and oxygen atoms in total. The third-order valence-corrected chi connectivity index (χ3v) is 3.35. The number of nitrogens with one attached hydrogen (secondary N) is 1. The van der Waals surface area contributed by atoms with E-state index in [9.17, 15) is 9.90 Å². The number of anilines is 1. The normalized spacial score (nSPS) is 11.9. The first kappa shape index (κ1) is 14.3. The quantitative estimate of drug-likeness (QED) is 0.895. The van der Waals surface area contributed by atoms with E-state index in [4.69, 9.17) is 0 Å². The Kier molecular flexibility index (Phi) is 4.53. The molecule has 3 heteroatoms. The van der Waals surface area contributed by atoms with E-state index < -0.39 is 12.0 Å². The minimum atomic E-state index is -1.15. The lowest BCUT2D eigenvalue weighted by molar-refractivity contribution is -0.124. The zero-order valence-electron chi connectivity index (χ0n) is 11.8. The largest absolute Gasteiger partial charge is 0.378 e. The Hall–Kier alpha value is -2.13. The zero-order valence-corrected chi connectivity index (χ0v) is 11.8. The van der Waals surface area contributed by atoms with Crippen molar-refractivity contribution >= 4 is 11.6 Å². The van der Waals surface area contributed by atoms with Crippen molar-refractivity contribution in [2.45, 2.75) is 26.4 Å². The standard InChI is InChI=1S/C17H19NO2/c1-3-13-11-7-8-12(2)15(13)18-17(20)16(19)14-9-5-4-6-10-14/h4-11,16,19H,3H2,1-2H3,(H,18,20). The van der Waals surface area contributed by atoms with Gasteiger partial charge in [0, 0.05) is 5.69 Å². The summed E-state index contributed by atoms with van der Waals surface area (Å²) >= 11 is 0. The highest BCUT2D eigenvalue weighted by Crippen LogP contribution is 2.23. The number of carbonyl (C=O) groups excluding carboxylic acids is 1. The molecule has 2 N–H and O–H groups in total. The van der Waals surface area contributed by atoms with E-state index in [1.54, 1.807) is 24.3 Å². The summed E-state index contributed by atoms with van der Waals surface area (Å²) in [5.74, 6) is -0.403. The molecule has 0 aliphatic heterocycles. The summed E-state index contributed by atoms with van der Waals surface area (Å²) in [7, 11) is 0. The Morgan fingerprint density at radius 1 is 1.15 bits per heavy atom. The maximum atomic E-state index is 12.2. The summed E-state index contributed by atoms with van der Waals surface area (Å²) in [5.41, 5.74) is 3.46. The van der Waals surface area contributed by atoms with Crippen LogP contribution in [-0.2, 0) is 11.2 Å². The highest BCUT2D eigenvalue weighted by molar-refractivity contribution is 5.96. The van der Waals surface area contributed by atoms with Gasteiger partial charge in [0.1, 0.15) is 0 Å². The van der Waals surface area contributed by atoms with Crippen LogP contribution in [0.3, 0.4) is 0 Å². The molecule has 1 amide bonds. The molecule has 0 aromatic heterocycles. The first-order valence-corrected chi connectivity index (χ1v) is 6.76. The fourth-order valence-electron chi connectivity index (χ4n) is 2.18. The molecule has 0 radical (unpaired) electrons. The molecule has 1 atom stereocenters. The second-order valence-corrected chi connectivity index (χ2v) is 4.77. The van der Waals surface area contributed by atoms with Gasteiger partial charge in [0.2, 0.25) is 0 Å². The van der Waals surface area contributed by atoms with Crippen molar-refractivity contribution in [2.75, 3.05) is 5.32 Å². The summed E-state index contributed by atoms with van der Waals surface area (Å²) in [6, 6.07) is 14.8. The van der Waals surface area contributed by atoms with Crippen LogP contribution < -0.4 is 5.32 Å². The van der Waals surface area contributed by atoms with Crippen LogP contribution in [0, 0.1) is 6.92 Å². The van der Waals surface area contributed by atoms with Crippen molar-refractivity contribution in [1.82, 2.24) is 0 Å². The molecule has 0 saturated carbocycles. The van der Waals surface area contributed by atoms with Crippen molar-refractivity contribution in [3.63, 3.8) is 0 Å². The van der Waals surface area contributed by atoms with Gasteiger partial charge >= 0.3 is 0 Å². The predicted molar refractivity (Wildman–Crippen MR) is 80.6 cm³/mol. The minimum absolute atomic E-state index is 0.403. The number of hydrogen-bond acceptors (Lipinski definition) is 2. The molecule has 0 saturated heterocycles. The molecular weight excluding hydrogens is 250 g/mol. The van der Waals surface area contributed by atoms with Crippen molar-refractivity contribution < 1.29 is 9.90 Å². The number of para-hydroxylation sites is 1. The number of carbonyl (C=O) groups is 1. The predicted octanol–water partition coefficient (Wildman–Crippen LogP) is 3.23. The Bertz CT molecular complexity index is 593. The summed E-state index contributed by atoms with van der Waals surface area (Å²) in [5, 5.41) is 12.9. The highest BCUT2D eigenvalue weighted by atomic mass is 16.3. The van der Waals surface area contributed by atoms with Crippen LogP contribution in [0.4, 0.5) is 5.69 Å². The summed E-state index contributed by atoms with van der Waals surface area (Å²) in [6.07, 6.45) is -0.320. The van der Waals surface area contributed by atoms with Crippen molar-refractivity contribution in [3.05, 3.63) is 65.2 Å².